The lowest BCUT2D eigenvalue weighted by atomic mass is 9.86. The molecule has 0 bridgehead atoms. The molecule has 2 nitrogen and oxygen atoms in total. The van der Waals surface area contributed by atoms with Crippen LogP contribution < -0.4 is 10.2 Å². The Morgan fingerprint density at radius 3 is 2.50 bits per heavy atom. The van der Waals surface area contributed by atoms with E-state index >= 15 is 0 Å². The van der Waals surface area contributed by atoms with E-state index in [1.165, 1.54) is 37.2 Å². The maximum atomic E-state index is 3.26. The molecule has 0 aromatic heterocycles. The smallest absolute Gasteiger partial charge is 0.0411 e. The van der Waals surface area contributed by atoms with Gasteiger partial charge in [-0.1, -0.05) is 32.0 Å². The Labute approximate surface area is 111 Å². The van der Waals surface area contributed by atoms with Gasteiger partial charge < -0.3 is 10.2 Å². The highest BCUT2D eigenvalue weighted by Gasteiger charge is 2.22. The van der Waals surface area contributed by atoms with Gasteiger partial charge in [0.15, 0.2) is 0 Å². The molecule has 0 unspecified atom stereocenters. The number of nitrogens with one attached hydrogen (secondary N) is 1. The average molecular weight is 246 g/mol. The van der Waals surface area contributed by atoms with Crippen molar-refractivity contribution in [2.75, 3.05) is 25.0 Å². The molecule has 0 aliphatic carbocycles. The molecule has 18 heavy (non-hydrogen) atoms. The Morgan fingerprint density at radius 1 is 1.22 bits per heavy atom. The number of piperidine rings is 1. The second-order valence-electron chi connectivity index (χ2n) is 5.73. The Morgan fingerprint density at radius 2 is 1.89 bits per heavy atom. The van der Waals surface area contributed by atoms with Crippen LogP contribution in [-0.4, -0.2) is 20.1 Å². The summed E-state index contributed by atoms with van der Waals surface area (Å²) in [5.74, 6) is 1.75. The minimum Gasteiger partial charge on any atom is -0.371 e. The zero-order valence-electron chi connectivity index (χ0n) is 11.9. The number of hydrogen-bond acceptors (Lipinski definition) is 2. The normalized spacial score (nSPS) is 17.4. The highest BCUT2D eigenvalue weighted by atomic mass is 15.1. The zero-order chi connectivity index (χ0) is 13.0. The van der Waals surface area contributed by atoms with Gasteiger partial charge in [0.1, 0.15) is 0 Å². The minimum absolute atomic E-state index is 0.833. The van der Waals surface area contributed by atoms with Gasteiger partial charge in [-0.3, -0.25) is 0 Å². The summed E-state index contributed by atoms with van der Waals surface area (Å²) in [7, 11) is 2.02. The molecule has 2 rings (SSSR count). The minimum atomic E-state index is 0.833. The van der Waals surface area contributed by atoms with E-state index in [1.54, 1.807) is 0 Å². The molecule has 0 saturated carbocycles. The molecule has 0 spiro atoms. The topological polar surface area (TPSA) is 15.3 Å². The molecular formula is C16H26N2. The third-order valence-electron chi connectivity index (χ3n) is 4.18. The lowest BCUT2D eigenvalue weighted by Gasteiger charge is -2.36. The van der Waals surface area contributed by atoms with Gasteiger partial charge in [0.25, 0.3) is 0 Å². The fraction of sp³-hybridized carbons (Fsp3) is 0.625. The number of benzene rings is 1. The molecule has 1 aliphatic heterocycles. The maximum absolute atomic E-state index is 3.26. The quantitative estimate of drug-likeness (QED) is 0.877. The molecule has 0 amide bonds. The predicted molar refractivity (Wildman–Crippen MR) is 79.0 cm³/mol. The van der Waals surface area contributed by atoms with Crippen molar-refractivity contribution >= 4 is 5.69 Å². The lowest BCUT2D eigenvalue weighted by Crippen LogP contribution is -2.36. The summed E-state index contributed by atoms with van der Waals surface area (Å²) >= 11 is 0. The third kappa shape index (κ3) is 3.05. The summed E-state index contributed by atoms with van der Waals surface area (Å²) in [6.07, 6.45) is 2.68. The van der Waals surface area contributed by atoms with Crippen molar-refractivity contribution in [3.05, 3.63) is 29.8 Å². The number of rotatable bonds is 4. The van der Waals surface area contributed by atoms with E-state index in [1.807, 2.05) is 7.05 Å². The Balaban J connectivity index is 2.05. The summed E-state index contributed by atoms with van der Waals surface area (Å²) in [5, 5.41) is 3.26. The van der Waals surface area contributed by atoms with Crippen LogP contribution in [0.3, 0.4) is 0 Å². The first-order valence-corrected chi connectivity index (χ1v) is 7.20. The summed E-state index contributed by atoms with van der Waals surface area (Å²) in [5.41, 5.74) is 2.84. The Bertz CT molecular complexity index is 365. The lowest BCUT2D eigenvalue weighted by molar-refractivity contribution is 0.311. The van der Waals surface area contributed by atoms with Crippen LogP contribution in [0.4, 0.5) is 5.69 Å². The Kier molecular flexibility index (Phi) is 4.65. The molecule has 1 fully saturated rings. The zero-order valence-corrected chi connectivity index (χ0v) is 11.9. The first-order chi connectivity index (χ1) is 8.72. The van der Waals surface area contributed by atoms with Gasteiger partial charge in [-0.05, 0) is 43.4 Å². The van der Waals surface area contributed by atoms with Crippen LogP contribution >= 0.6 is 0 Å². The molecule has 2 heteroatoms. The van der Waals surface area contributed by atoms with Crippen molar-refractivity contribution in [1.82, 2.24) is 5.32 Å². The van der Waals surface area contributed by atoms with E-state index in [9.17, 15) is 0 Å². The monoisotopic (exact) mass is 246 g/mol. The van der Waals surface area contributed by atoms with Gasteiger partial charge in [0.05, 0.1) is 0 Å². The van der Waals surface area contributed by atoms with Gasteiger partial charge in [-0.25, -0.2) is 0 Å². The number of nitrogens with zero attached hydrogens (tertiary/aromatic N) is 1. The van der Waals surface area contributed by atoms with Crippen LogP contribution in [0.2, 0.25) is 0 Å². The summed E-state index contributed by atoms with van der Waals surface area (Å²) in [6, 6.07) is 8.79. The van der Waals surface area contributed by atoms with Crippen molar-refractivity contribution in [2.45, 2.75) is 33.2 Å². The standard InChI is InChI=1S/C16H26N2/c1-13(2)14-8-10-18(11-9-14)16-7-5-4-6-15(16)12-17-3/h4-7,13-14,17H,8-12H2,1-3H3. The van der Waals surface area contributed by atoms with Crippen LogP contribution in [-0.2, 0) is 6.54 Å². The molecule has 1 aliphatic rings. The highest BCUT2D eigenvalue weighted by Crippen LogP contribution is 2.29. The van der Waals surface area contributed by atoms with Crippen LogP contribution in [0, 0.1) is 11.8 Å². The molecule has 100 valence electrons. The van der Waals surface area contributed by atoms with Crippen molar-refractivity contribution < 1.29 is 0 Å². The van der Waals surface area contributed by atoms with Gasteiger partial charge in [0.2, 0.25) is 0 Å². The van der Waals surface area contributed by atoms with Gasteiger partial charge in [-0.2, -0.15) is 0 Å². The Hall–Kier alpha value is -1.02. The average Bonchev–Trinajstić information content (AvgIpc) is 2.40. The van der Waals surface area contributed by atoms with E-state index in [0.717, 1.165) is 18.4 Å². The molecule has 1 aromatic rings. The first-order valence-electron chi connectivity index (χ1n) is 7.20. The van der Waals surface area contributed by atoms with E-state index in [2.05, 4.69) is 48.3 Å². The van der Waals surface area contributed by atoms with Gasteiger partial charge in [0, 0.05) is 25.3 Å². The summed E-state index contributed by atoms with van der Waals surface area (Å²) in [4.78, 5) is 2.56. The van der Waals surface area contributed by atoms with E-state index in [4.69, 9.17) is 0 Å². The predicted octanol–water partition coefficient (Wildman–Crippen LogP) is 3.28. The fourth-order valence-corrected chi connectivity index (χ4v) is 2.97. The van der Waals surface area contributed by atoms with Crippen molar-refractivity contribution in [2.24, 2.45) is 11.8 Å². The summed E-state index contributed by atoms with van der Waals surface area (Å²) < 4.78 is 0. The maximum Gasteiger partial charge on any atom is 0.0411 e. The van der Waals surface area contributed by atoms with Crippen LogP contribution in [0.5, 0.6) is 0 Å². The largest absolute Gasteiger partial charge is 0.371 e. The van der Waals surface area contributed by atoms with Crippen molar-refractivity contribution in [3.8, 4) is 0 Å². The molecule has 1 aromatic carbocycles. The van der Waals surface area contributed by atoms with Crippen LogP contribution in [0.1, 0.15) is 32.3 Å². The van der Waals surface area contributed by atoms with E-state index in [-0.39, 0.29) is 0 Å². The van der Waals surface area contributed by atoms with Crippen molar-refractivity contribution in [3.63, 3.8) is 0 Å². The second kappa shape index (κ2) is 6.24. The van der Waals surface area contributed by atoms with Crippen LogP contribution in [0.25, 0.3) is 0 Å². The number of hydrogen-bond donors (Lipinski definition) is 1. The van der Waals surface area contributed by atoms with Gasteiger partial charge >= 0.3 is 0 Å². The highest BCUT2D eigenvalue weighted by molar-refractivity contribution is 5.53. The number of para-hydroxylation sites is 1. The molecule has 1 N–H and O–H groups in total. The number of anilines is 1. The van der Waals surface area contributed by atoms with Crippen LogP contribution in [0.15, 0.2) is 24.3 Å². The SMILES string of the molecule is CNCc1ccccc1N1CCC(C(C)C)CC1. The van der Waals surface area contributed by atoms with E-state index < -0.39 is 0 Å². The molecular weight excluding hydrogens is 220 g/mol. The summed E-state index contributed by atoms with van der Waals surface area (Å²) in [6.45, 7) is 8.10. The molecule has 1 heterocycles. The fourth-order valence-electron chi connectivity index (χ4n) is 2.97. The molecule has 1 saturated heterocycles. The van der Waals surface area contributed by atoms with Gasteiger partial charge in [-0.15, -0.1) is 0 Å². The second-order valence-corrected chi connectivity index (χ2v) is 5.73. The third-order valence-corrected chi connectivity index (χ3v) is 4.18. The molecule has 0 radical (unpaired) electrons. The molecule has 0 atom stereocenters. The first kappa shape index (κ1) is 13.4. The van der Waals surface area contributed by atoms with E-state index in [0.29, 0.717) is 0 Å². The van der Waals surface area contributed by atoms with Crippen molar-refractivity contribution in [1.29, 1.82) is 0 Å².